The molecule has 0 aliphatic carbocycles. The van der Waals surface area contributed by atoms with Gasteiger partial charge >= 0.3 is 0 Å². The summed E-state index contributed by atoms with van der Waals surface area (Å²) in [5, 5.41) is 3.95. The van der Waals surface area contributed by atoms with Gasteiger partial charge in [-0.05, 0) is 12.0 Å². The van der Waals surface area contributed by atoms with E-state index >= 15 is 0 Å². The summed E-state index contributed by atoms with van der Waals surface area (Å²) in [6.45, 7) is 5.33. The van der Waals surface area contributed by atoms with Gasteiger partial charge in [0.25, 0.3) is 0 Å². The second-order valence-corrected chi connectivity index (χ2v) is 2.56. The maximum absolute atomic E-state index is 3.95. The zero-order valence-corrected chi connectivity index (χ0v) is 5.83. The molecule has 9 heavy (non-hydrogen) atoms. The Hall–Kier alpha value is -0.790. The number of rotatable bonds is 2. The molecule has 1 heterocycles. The van der Waals surface area contributed by atoms with Gasteiger partial charge in [0.2, 0.25) is 0 Å². The number of hydrogen-bond donors (Lipinski definition) is 0. The van der Waals surface area contributed by atoms with Crippen molar-refractivity contribution in [3.05, 3.63) is 18.5 Å². The van der Waals surface area contributed by atoms with Crippen LogP contribution in [0.1, 0.15) is 13.8 Å². The highest BCUT2D eigenvalue weighted by Gasteiger charge is 1.93. The SMILES string of the molecule is CC(C)Cn1cc[c]n1. The second kappa shape index (κ2) is 2.67. The van der Waals surface area contributed by atoms with Crippen LogP contribution in [0.5, 0.6) is 0 Å². The highest BCUT2D eigenvalue weighted by molar-refractivity contribution is 4.75. The monoisotopic (exact) mass is 123 g/mol. The van der Waals surface area contributed by atoms with E-state index in [0.29, 0.717) is 5.92 Å². The van der Waals surface area contributed by atoms with Gasteiger partial charge < -0.3 is 0 Å². The zero-order chi connectivity index (χ0) is 6.69. The first kappa shape index (κ1) is 6.33. The third-order valence-electron chi connectivity index (χ3n) is 1.06. The smallest absolute Gasteiger partial charge is 0.113 e. The standard InChI is InChI=1S/C7H11N2/c1-7(2)6-9-5-3-4-8-9/h3,5,7H,6H2,1-2H3. The molecule has 1 aromatic rings. The Morgan fingerprint density at radius 1 is 1.67 bits per heavy atom. The van der Waals surface area contributed by atoms with E-state index in [4.69, 9.17) is 0 Å². The Morgan fingerprint density at radius 2 is 2.44 bits per heavy atom. The first-order chi connectivity index (χ1) is 4.29. The average Bonchev–Trinajstić information content (AvgIpc) is 2.15. The van der Waals surface area contributed by atoms with Crippen LogP contribution >= 0.6 is 0 Å². The molecule has 1 aromatic heterocycles. The Kier molecular flexibility index (Phi) is 1.88. The predicted octanol–water partition coefficient (Wildman–Crippen LogP) is 1.34. The maximum Gasteiger partial charge on any atom is 0.113 e. The maximum atomic E-state index is 3.95. The van der Waals surface area contributed by atoms with Gasteiger partial charge in [-0.15, -0.1) is 0 Å². The Labute approximate surface area is 55.5 Å². The van der Waals surface area contributed by atoms with E-state index in [2.05, 4.69) is 25.1 Å². The van der Waals surface area contributed by atoms with Gasteiger partial charge in [0.05, 0.1) is 0 Å². The number of nitrogens with zero attached hydrogens (tertiary/aromatic N) is 2. The summed E-state index contributed by atoms with van der Waals surface area (Å²) in [6, 6.07) is 1.82. The van der Waals surface area contributed by atoms with E-state index in [1.807, 2.05) is 16.9 Å². The molecule has 2 heteroatoms. The van der Waals surface area contributed by atoms with Crippen molar-refractivity contribution < 1.29 is 0 Å². The molecule has 0 aromatic carbocycles. The fourth-order valence-electron chi connectivity index (χ4n) is 0.736. The predicted molar refractivity (Wildman–Crippen MR) is 35.9 cm³/mol. The molecule has 1 rings (SSSR count). The zero-order valence-electron chi connectivity index (χ0n) is 5.83. The van der Waals surface area contributed by atoms with Crippen LogP contribution in [0.3, 0.4) is 0 Å². The minimum Gasteiger partial charge on any atom is -0.272 e. The third kappa shape index (κ3) is 1.88. The van der Waals surface area contributed by atoms with Gasteiger partial charge in [0.15, 0.2) is 0 Å². The molecule has 0 aliphatic heterocycles. The molecular formula is C7H11N2. The van der Waals surface area contributed by atoms with Gasteiger partial charge in [-0.2, -0.15) is 5.10 Å². The summed E-state index contributed by atoms with van der Waals surface area (Å²) < 4.78 is 1.89. The average molecular weight is 123 g/mol. The lowest BCUT2D eigenvalue weighted by Gasteiger charge is -2.02. The highest BCUT2D eigenvalue weighted by Crippen LogP contribution is 1.95. The van der Waals surface area contributed by atoms with E-state index in [1.165, 1.54) is 0 Å². The minimum atomic E-state index is 0.665. The summed E-state index contributed by atoms with van der Waals surface area (Å²) in [7, 11) is 0. The molecule has 0 atom stereocenters. The van der Waals surface area contributed by atoms with Crippen LogP contribution in [0.15, 0.2) is 12.3 Å². The Balaban J connectivity index is 2.48. The minimum absolute atomic E-state index is 0.665. The summed E-state index contributed by atoms with van der Waals surface area (Å²) in [5.74, 6) is 0.665. The van der Waals surface area contributed by atoms with Gasteiger partial charge in [0, 0.05) is 12.7 Å². The van der Waals surface area contributed by atoms with Gasteiger partial charge in [-0.1, -0.05) is 13.8 Å². The van der Waals surface area contributed by atoms with Crippen molar-refractivity contribution in [3.63, 3.8) is 0 Å². The number of hydrogen-bond acceptors (Lipinski definition) is 1. The van der Waals surface area contributed by atoms with Crippen molar-refractivity contribution in [3.8, 4) is 0 Å². The lowest BCUT2D eigenvalue weighted by molar-refractivity contribution is 0.482. The number of aromatic nitrogens is 2. The fourth-order valence-corrected chi connectivity index (χ4v) is 0.736. The third-order valence-corrected chi connectivity index (χ3v) is 1.06. The molecule has 1 radical (unpaired) electrons. The van der Waals surface area contributed by atoms with E-state index in [-0.39, 0.29) is 0 Å². The lowest BCUT2D eigenvalue weighted by atomic mass is 10.2. The summed E-state index contributed by atoms with van der Waals surface area (Å²) >= 11 is 0. The highest BCUT2D eigenvalue weighted by atomic mass is 15.3. The molecule has 0 saturated carbocycles. The van der Waals surface area contributed by atoms with Crippen LogP contribution in [0.2, 0.25) is 0 Å². The fraction of sp³-hybridized carbons (Fsp3) is 0.571. The molecule has 0 bridgehead atoms. The lowest BCUT2D eigenvalue weighted by Crippen LogP contribution is -2.03. The molecule has 0 unspecified atom stereocenters. The molecule has 2 nitrogen and oxygen atoms in total. The largest absolute Gasteiger partial charge is 0.272 e. The second-order valence-electron chi connectivity index (χ2n) is 2.56. The van der Waals surface area contributed by atoms with Gasteiger partial charge in [0.1, 0.15) is 6.20 Å². The first-order valence-corrected chi connectivity index (χ1v) is 3.18. The molecule has 0 fully saturated rings. The van der Waals surface area contributed by atoms with Crippen LogP contribution in [-0.4, -0.2) is 9.78 Å². The summed E-state index contributed by atoms with van der Waals surface area (Å²) in [6.07, 6.45) is 4.68. The summed E-state index contributed by atoms with van der Waals surface area (Å²) in [4.78, 5) is 0. The normalized spacial score (nSPS) is 10.6. The molecule has 0 aliphatic rings. The summed E-state index contributed by atoms with van der Waals surface area (Å²) in [5.41, 5.74) is 0. The molecule has 0 spiro atoms. The van der Waals surface area contributed by atoms with Crippen molar-refractivity contribution in [1.29, 1.82) is 0 Å². The first-order valence-electron chi connectivity index (χ1n) is 3.18. The molecular weight excluding hydrogens is 112 g/mol. The quantitative estimate of drug-likeness (QED) is 0.580. The molecule has 0 saturated heterocycles. The van der Waals surface area contributed by atoms with E-state index in [9.17, 15) is 0 Å². The van der Waals surface area contributed by atoms with Crippen molar-refractivity contribution in [2.24, 2.45) is 5.92 Å². The molecule has 49 valence electrons. The molecule has 0 N–H and O–H groups in total. The van der Waals surface area contributed by atoms with Crippen LogP contribution in [0.4, 0.5) is 0 Å². The van der Waals surface area contributed by atoms with Crippen molar-refractivity contribution in [2.45, 2.75) is 20.4 Å². The molecule has 0 amide bonds. The van der Waals surface area contributed by atoms with Gasteiger partial charge in [-0.3, -0.25) is 4.68 Å². The van der Waals surface area contributed by atoms with E-state index in [1.54, 1.807) is 0 Å². The van der Waals surface area contributed by atoms with Crippen LogP contribution < -0.4 is 0 Å². The Morgan fingerprint density at radius 3 is 2.89 bits per heavy atom. The van der Waals surface area contributed by atoms with Crippen molar-refractivity contribution in [1.82, 2.24) is 9.78 Å². The van der Waals surface area contributed by atoms with Crippen molar-refractivity contribution >= 4 is 0 Å². The Bertz CT molecular complexity index is 153. The van der Waals surface area contributed by atoms with Crippen LogP contribution in [-0.2, 0) is 6.54 Å². The van der Waals surface area contributed by atoms with E-state index in [0.717, 1.165) is 6.54 Å². The van der Waals surface area contributed by atoms with Crippen molar-refractivity contribution in [2.75, 3.05) is 0 Å². The van der Waals surface area contributed by atoms with Crippen LogP contribution in [0.25, 0.3) is 0 Å². The topological polar surface area (TPSA) is 17.8 Å². The van der Waals surface area contributed by atoms with Crippen LogP contribution in [0, 0.1) is 12.1 Å². The van der Waals surface area contributed by atoms with Gasteiger partial charge in [-0.25, -0.2) is 0 Å². The van der Waals surface area contributed by atoms with E-state index < -0.39 is 0 Å².